The Morgan fingerprint density at radius 2 is 2.06 bits per heavy atom. The fourth-order valence-corrected chi connectivity index (χ4v) is 2.54. The van der Waals surface area contributed by atoms with Gasteiger partial charge < -0.3 is 14.9 Å². The molecule has 17 heavy (non-hydrogen) atoms. The van der Waals surface area contributed by atoms with Crippen LogP contribution in [0.4, 0.5) is 0 Å². The number of aliphatic hydroxyl groups is 1. The third-order valence-corrected chi connectivity index (χ3v) is 3.79. The summed E-state index contributed by atoms with van der Waals surface area (Å²) in [5, 5.41) is 19.3. The molecule has 3 nitrogen and oxygen atoms in total. The van der Waals surface area contributed by atoms with Crippen LogP contribution < -0.4 is 4.74 Å². The maximum absolute atomic E-state index is 9.86. The van der Waals surface area contributed by atoms with E-state index in [2.05, 4.69) is 6.92 Å². The highest BCUT2D eigenvalue weighted by atomic mass is 16.5. The highest BCUT2D eigenvalue weighted by molar-refractivity contribution is 5.54. The van der Waals surface area contributed by atoms with Gasteiger partial charge in [-0.2, -0.15) is 0 Å². The van der Waals surface area contributed by atoms with Crippen LogP contribution >= 0.6 is 0 Å². The van der Waals surface area contributed by atoms with Crippen molar-refractivity contribution >= 4 is 0 Å². The largest absolute Gasteiger partial charge is 0.508 e. The summed E-state index contributed by atoms with van der Waals surface area (Å²) in [6.45, 7) is 7.86. The van der Waals surface area contributed by atoms with Gasteiger partial charge >= 0.3 is 0 Å². The number of benzene rings is 1. The van der Waals surface area contributed by atoms with Gasteiger partial charge in [-0.05, 0) is 50.3 Å². The molecule has 0 bridgehead atoms. The summed E-state index contributed by atoms with van der Waals surface area (Å²) in [4.78, 5) is 0. The summed E-state index contributed by atoms with van der Waals surface area (Å²) in [5.41, 5.74) is 2.33. The molecule has 0 aliphatic carbocycles. The van der Waals surface area contributed by atoms with E-state index in [1.165, 1.54) is 0 Å². The summed E-state index contributed by atoms with van der Waals surface area (Å²) in [5.74, 6) is 1.43. The zero-order chi connectivity index (χ0) is 12.8. The molecule has 0 amide bonds. The Morgan fingerprint density at radius 3 is 2.65 bits per heavy atom. The molecule has 1 aliphatic rings. The van der Waals surface area contributed by atoms with Crippen LogP contribution in [0, 0.1) is 13.8 Å². The Kier molecular flexibility index (Phi) is 2.82. The van der Waals surface area contributed by atoms with Crippen molar-refractivity contribution in [1.82, 2.24) is 0 Å². The first-order valence-electron chi connectivity index (χ1n) is 6.01. The molecule has 1 aliphatic heterocycles. The highest BCUT2D eigenvalue weighted by Gasteiger charge is 2.36. The van der Waals surface area contributed by atoms with Crippen molar-refractivity contribution in [3.05, 3.63) is 22.8 Å². The van der Waals surface area contributed by atoms with E-state index in [0.717, 1.165) is 28.9 Å². The summed E-state index contributed by atoms with van der Waals surface area (Å²) in [7, 11) is 0. The maximum atomic E-state index is 9.86. The van der Waals surface area contributed by atoms with Gasteiger partial charge in [-0.3, -0.25) is 0 Å². The van der Waals surface area contributed by atoms with Crippen molar-refractivity contribution in [3.8, 4) is 11.5 Å². The van der Waals surface area contributed by atoms with Crippen LogP contribution in [-0.4, -0.2) is 22.4 Å². The standard InChI is InChI=1S/C14H20O3/c1-8-6-14(4,7-15)17-13-10(3)9(2)12(16)5-11(8)13/h5,8,15-16H,6-7H2,1-4H3/t8?,14-/m0/s1. The minimum Gasteiger partial charge on any atom is -0.508 e. The number of phenolic OH excluding ortho intramolecular Hbond substituents is 1. The first-order chi connectivity index (χ1) is 7.88. The van der Waals surface area contributed by atoms with Crippen LogP contribution in [0.1, 0.15) is 42.9 Å². The van der Waals surface area contributed by atoms with E-state index >= 15 is 0 Å². The van der Waals surface area contributed by atoms with Crippen molar-refractivity contribution in [3.63, 3.8) is 0 Å². The van der Waals surface area contributed by atoms with E-state index in [9.17, 15) is 10.2 Å². The topological polar surface area (TPSA) is 49.7 Å². The van der Waals surface area contributed by atoms with Crippen LogP contribution in [-0.2, 0) is 0 Å². The van der Waals surface area contributed by atoms with Gasteiger partial charge in [-0.15, -0.1) is 0 Å². The normalized spacial score (nSPS) is 27.5. The minimum absolute atomic E-state index is 0.0101. The Hall–Kier alpha value is -1.22. The lowest BCUT2D eigenvalue weighted by molar-refractivity contribution is 0.000593. The van der Waals surface area contributed by atoms with Gasteiger partial charge in [0.2, 0.25) is 0 Å². The number of aromatic hydroxyl groups is 1. The lowest BCUT2D eigenvalue weighted by Crippen LogP contribution is -2.41. The van der Waals surface area contributed by atoms with Gasteiger partial charge in [-0.25, -0.2) is 0 Å². The van der Waals surface area contributed by atoms with Gasteiger partial charge in [-0.1, -0.05) is 6.92 Å². The number of phenols is 1. The fraction of sp³-hybridized carbons (Fsp3) is 0.571. The molecule has 0 radical (unpaired) electrons. The molecule has 0 spiro atoms. The maximum Gasteiger partial charge on any atom is 0.130 e. The van der Waals surface area contributed by atoms with Gasteiger partial charge in [0.05, 0.1) is 6.61 Å². The average molecular weight is 236 g/mol. The first kappa shape index (κ1) is 12.2. The molecule has 2 atom stereocenters. The molecule has 0 saturated heterocycles. The molecule has 1 aromatic carbocycles. The van der Waals surface area contributed by atoms with Gasteiger partial charge in [0.15, 0.2) is 0 Å². The molecule has 0 aromatic heterocycles. The highest BCUT2D eigenvalue weighted by Crippen LogP contribution is 2.45. The second-order valence-electron chi connectivity index (χ2n) is 5.38. The van der Waals surface area contributed by atoms with E-state index in [4.69, 9.17) is 4.74 Å². The van der Waals surface area contributed by atoms with Crippen LogP contribution in [0.2, 0.25) is 0 Å². The van der Waals surface area contributed by atoms with E-state index < -0.39 is 5.60 Å². The third kappa shape index (κ3) is 1.89. The number of fused-ring (bicyclic) bond motifs is 1. The monoisotopic (exact) mass is 236 g/mol. The predicted molar refractivity (Wildman–Crippen MR) is 66.7 cm³/mol. The van der Waals surface area contributed by atoms with E-state index in [0.29, 0.717) is 5.75 Å². The molecule has 1 aromatic rings. The van der Waals surface area contributed by atoms with E-state index in [1.54, 1.807) is 6.07 Å². The Bertz CT molecular complexity index is 453. The van der Waals surface area contributed by atoms with Crippen LogP contribution in [0.15, 0.2) is 6.07 Å². The molecule has 3 heteroatoms. The number of hydrogen-bond acceptors (Lipinski definition) is 3. The first-order valence-corrected chi connectivity index (χ1v) is 6.01. The second kappa shape index (κ2) is 3.91. The second-order valence-corrected chi connectivity index (χ2v) is 5.38. The third-order valence-electron chi connectivity index (χ3n) is 3.79. The fourth-order valence-electron chi connectivity index (χ4n) is 2.54. The quantitative estimate of drug-likeness (QED) is 0.788. The molecular weight excluding hydrogens is 216 g/mol. The molecular formula is C14H20O3. The summed E-state index contributed by atoms with van der Waals surface area (Å²) < 4.78 is 5.94. The lowest BCUT2D eigenvalue weighted by Gasteiger charge is -2.39. The summed E-state index contributed by atoms with van der Waals surface area (Å²) in [6, 6.07) is 1.79. The predicted octanol–water partition coefficient (Wildman–Crippen LogP) is 2.65. The molecule has 94 valence electrons. The van der Waals surface area contributed by atoms with E-state index in [1.807, 2.05) is 20.8 Å². The number of ether oxygens (including phenoxy) is 1. The minimum atomic E-state index is -0.513. The van der Waals surface area contributed by atoms with Crippen molar-refractivity contribution in [2.24, 2.45) is 0 Å². The number of hydrogen-bond donors (Lipinski definition) is 2. The lowest BCUT2D eigenvalue weighted by atomic mass is 9.83. The average Bonchev–Trinajstić information content (AvgIpc) is 2.28. The zero-order valence-electron chi connectivity index (χ0n) is 10.9. The molecule has 2 rings (SSSR count). The van der Waals surface area contributed by atoms with Crippen LogP contribution in [0.25, 0.3) is 0 Å². The molecule has 0 fully saturated rings. The number of rotatable bonds is 1. The van der Waals surface area contributed by atoms with Crippen molar-refractivity contribution in [2.45, 2.75) is 45.6 Å². The molecule has 1 heterocycles. The smallest absolute Gasteiger partial charge is 0.130 e. The molecule has 1 unspecified atom stereocenters. The Labute approximate surface area is 102 Å². The van der Waals surface area contributed by atoms with Crippen LogP contribution in [0.3, 0.4) is 0 Å². The van der Waals surface area contributed by atoms with E-state index in [-0.39, 0.29) is 12.5 Å². The van der Waals surface area contributed by atoms with Gasteiger partial charge in [0, 0.05) is 5.56 Å². The summed E-state index contributed by atoms with van der Waals surface area (Å²) in [6.07, 6.45) is 0.762. The van der Waals surface area contributed by atoms with Crippen molar-refractivity contribution in [1.29, 1.82) is 0 Å². The molecule has 0 saturated carbocycles. The SMILES string of the molecule is Cc1c(O)cc2c(c1C)O[C@](C)(CO)CC2C. The zero-order valence-corrected chi connectivity index (χ0v) is 10.9. The van der Waals surface area contributed by atoms with Crippen molar-refractivity contribution in [2.75, 3.05) is 6.61 Å². The molecule has 2 N–H and O–H groups in total. The number of aliphatic hydroxyl groups excluding tert-OH is 1. The van der Waals surface area contributed by atoms with Crippen LogP contribution in [0.5, 0.6) is 11.5 Å². The van der Waals surface area contributed by atoms with Crippen molar-refractivity contribution < 1.29 is 14.9 Å². The Morgan fingerprint density at radius 1 is 1.41 bits per heavy atom. The van der Waals surface area contributed by atoms with Gasteiger partial charge in [0.25, 0.3) is 0 Å². The summed E-state index contributed by atoms with van der Waals surface area (Å²) >= 11 is 0. The van der Waals surface area contributed by atoms with Gasteiger partial charge in [0.1, 0.15) is 17.1 Å². The Balaban J connectivity index is 2.57.